The summed E-state index contributed by atoms with van der Waals surface area (Å²) in [5, 5.41) is 1.52. The predicted molar refractivity (Wildman–Crippen MR) is 125 cm³/mol. The van der Waals surface area contributed by atoms with E-state index in [0.29, 0.717) is 16.1 Å². The number of hydroxylamine groups is 2. The van der Waals surface area contributed by atoms with Crippen molar-refractivity contribution in [1.29, 1.82) is 0 Å². The van der Waals surface area contributed by atoms with Crippen molar-refractivity contribution in [2.45, 2.75) is 12.7 Å². The van der Waals surface area contributed by atoms with Gasteiger partial charge in [0.1, 0.15) is 5.69 Å². The van der Waals surface area contributed by atoms with Crippen LogP contribution in [0.4, 0.5) is 13.2 Å². The van der Waals surface area contributed by atoms with E-state index in [1.165, 1.54) is 30.6 Å². The van der Waals surface area contributed by atoms with E-state index in [9.17, 15) is 18.0 Å². The number of para-hydroxylation sites is 1. The van der Waals surface area contributed by atoms with Gasteiger partial charge in [-0.1, -0.05) is 47.5 Å². The third-order valence-corrected chi connectivity index (χ3v) is 6.08. The molecule has 2 aromatic carbocycles. The van der Waals surface area contributed by atoms with E-state index >= 15 is 0 Å². The van der Waals surface area contributed by atoms with Crippen molar-refractivity contribution in [3.8, 4) is 0 Å². The van der Waals surface area contributed by atoms with Gasteiger partial charge in [0.25, 0.3) is 11.8 Å². The van der Waals surface area contributed by atoms with Gasteiger partial charge in [-0.15, -0.1) is 5.06 Å². The van der Waals surface area contributed by atoms with Crippen LogP contribution >= 0.6 is 23.2 Å². The number of alkyl halides is 3. The standard InChI is InChI=1S/C24H15Cl2F3N4O2/c25-16-6-5-15(18(26)11-16)12-32-19-4-2-1-3-17(19)20(21(32)24(27,28)29)23(34)33-13-31-22(35-33)14-7-9-30-10-8-14/h1-11H,12-13H2. The van der Waals surface area contributed by atoms with Gasteiger partial charge in [0.15, 0.2) is 6.67 Å². The smallest absolute Gasteiger partial charge is 0.354 e. The van der Waals surface area contributed by atoms with Crippen molar-refractivity contribution in [3.63, 3.8) is 0 Å². The molecule has 4 aromatic rings. The van der Waals surface area contributed by atoms with Crippen LogP contribution in [0.15, 0.2) is 72.0 Å². The van der Waals surface area contributed by atoms with Crippen LogP contribution in [0.5, 0.6) is 0 Å². The highest BCUT2D eigenvalue weighted by atomic mass is 35.5. The molecule has 0 N–H and O–H groups in total. The summed E-state index contributed by atoms with van der Waals surface area (Å²) < 4.78 is 44.5. The van der Waals surface area contributed by atoms with Gasteiger partial charge < -0.3 is 9.40 Å². The molecule has 0 spiro atoms. The maximum atomic E-state index is 14.5. The molecule has 0 aliphatic carbocycles. The topological polar surface area (TPSA) is 59.7 Å². The molecule has 178 valence electrons. The van der Waals surface area contributed by atoms with E-state index in [2.05, 4.69) is 9.98 Å². The van der Waals surface area contributed by atoms with Crippen molar-refractivity contribution < 1.29 is 22.8 Å². The van der Waals surface area contributed by atoms with Gasteiger partial charge in [0, 0.05) is 45.5 Å². The molecular formula is C24H15Cl2F3N4O2. The third kappa shape index (κ3) is 4.33. The summed E-state index contributed by atoms with van der Waals surface area (Å²) in [6.07, 6.45) is -1.82. The number of nitrogens with zero attached hydrogens (tertiary/aromatic N) is 4. The van der Waals surface area contributed by atoms with Crippen molar-refractivity contribution in [3.05, 3.63) is 99.4 Å². The van der Waals surface area contributed by atoms with Gasteiger partial charge in [-0.3, -0.25) is 9.78 Å². The number of carbonyl (C=O) groups excluding carboxylic acids is 1. The number of amides is 1. The lowest BCUT2D eigenvalue weighted by molar-refractivity contribution is -0.143. The Balaban J connectivity index is 1.60. The summed E-state index contributed by atoms with van der Waals surface area (Å²) in [6, 6.07) is 14.0. The summed E-state index contributed by atoms with van der Waals surface area (Å²) in [7, 11) is 0. The molecule has 0 atom stereocenters. The van der Waals surface area contributed by atoms with Gasteiger partial charge in [-0.05, 0) is 35.9 Å². The molecule has 35 heavy (non-hydrogen) atoms. The van der Waals surface area contributed by atoms with Crippen LogP contribution in [0.25, 0.3) is 10.9 Å². The molecule has 1 aliphatic rings. The van der Waals surface area contributed by atoms with Crippen LogP contribution < -0.4 is 0 Å². The fourth-order valence-corrected chi connectivity index (χ4v) is 4.43. The van der Waals surface area contributed by atoms with E-state index < -0.39 is 23.3 Å². The minimum absolute atomic E-state index is 0.117. The van der Waals surface area contributed by atoms with Crippen molar-refractivity contribution in [2.24, 2.45) is 4.99 Å². The van der Waals surface area contributed by atoms with E-state index in [4.69, 9.17) is 28.0 Å². The molecule has 5 rings (SSSR count). The quantitative estimate of drug-likeness (QED) is 0.323. The Morgan fingerprint density at radius 1 is 1.06 bits per heavy atom. The van der Waals surface area contributed by atoms with Crippen molar-refractivity contribution in [2.75, 3.05) is 6.67 Å². The maximum absolute atomic E-state index is 14.5. The third-order valence-electron chi connectivity index (χ3n) is 5.49. The Morgan fingerprint density at radius 2 is 1.80 bits per heavy atom. The van der Waals surface area contributed by atoms with Crippen LogP contribution in [0.1, 0.15) is 27.2 Å². The Morgan fingerprint density at radius 3 is 2.51 bits per heavy atom. The number of aromatic nitrogens is 2. The average Bonchev–Trinajstić information content (AvgIpc) is 3.45. The molecule has 1 aliphatic heterocycles. The Labute approximate surface area is 207 Å². The maximum Gasteiger partial charge on any atom is 0.432 e. The minimum atomic E-state index is -4.85. The molecule has 0 bridgehead atoms. The summed E-state index contributed by atoms with van der Waals surface area (Å²) in [5.74, 6) is -0.840. The Kier molecular flexibility index (Phi) is 5.90. The lowest BCUT2D eigenvalue weighted by atomic mass is 10.1. The minimum Gasteiger partial charge on any atom is -0.354 e. The van der Waals surface area contributed by atoms with E-state index in [1.54, 1.807) is 36.4 Å². The Hall–Kier alpha value is -3.56. The van der Waals surface area contributed by atoms with Crippen LogP contribution in [0.3, 0.4) is 0 Å². The van der Waals surface area contributed by atoms with Crippen molar-refractivity contribution >= 4 is 45.9 Å². The highest BCUT2D eigenvalue weighted by molar-refractivity contribution is 6.35. The zero-order chi connectivity index (χ0) is 24.7. The van der Waals surface area contributed by atoms with Crippen LogP contribution in [-0.2, 0) is 17.6 Å². The number of halogens is 5. The first kappa shape index (κ1) is 23.2. The summed E-state index contributed by atoms with van der Waals surface area (Å²) >= 11 is 12.2. The first-order chi connectivity index (χ1) is 16.7. The van der Waals surface area contributed by atoms with Crippen LogP contribution in [0, 0.1) is 0 Å². The van der Waals surface area contributed by atoms with Crippen molar-refractivity contribution in [1.82, 2.24) is 14.6 Å². The molecule has 1 amide bonds. The first-order valence-corrected chi connectivity index (χ1v) is 11.1. The average molecular weight is 519 g/mol. The normalized spacial score (nSPS) is 13.7. The lowest BCUT2D eigenvalue weighted by Crippen LogP contribution is -2.31. The molecule has 6 nitrogen and oxygen atoms in total. The summed E-state index contributed by atoms with van der Waals surface area (Å²) in [4.78, 5) is 27.0. The highest BCUT2D eigenvalue weighted by Gasteiger charge is 2.43. The van der Waals surface area contributed by atoms with Crippen LogP contribution in [0.2, 0.25) is 10.0 Å². The molecular weight excluding hydrogens is 504 g/mol. The second kappa shape index (κ2) is 8.90. The summed E-state index contributed by atoms with van der Waals surface area (Å²) in [6.45, 7) is -0.478. The number of fused-ring (bicyclic) bond motifs is 1. The largest absolute Gasteiger partial charge is 0.432 e. The predicted octanol–water partition coefficient (Wildman–Crippen LogP) is 6.20. The number of hydrogen-bond donors (Lipinski definition) is 0. The zero-order valence-corrected chi connectivity index (χ0v) is 19.3. The number of benzene rings is 2. The van der Waals surface area contributed by atoms with Gasteiger partial charge in [0.05, 0.1) is 5.56 Å². The fourth-order valence-electron chi connectivity index (χ4n) is 3.96. The number of aliphatic imine (C=N–C) groups is 1. The molecule has 0 saturated carbocycles. The second-order valence-corrected chi connectivity index (χ2v) is 8.52. The Bertz CT molecular complexity index is 1470. The van der Waals surface area contributed by atoms with Gasteiger partial charge in [0.2, 0.25) is 0 Å². The molecule has 0 unspecified atom stereocenters. The molecule has 3 heterocycles. The zero-order valence-electron chi connectivity index (χ0n) is 17.8. The number of carbonyl (C=O) groups is 1. The summed E-state index contributed by atoms with van der Waals surface area (Å²) in [5.41, 5.74) is -0.433. The lowest BCUT2D eigenvalue weighted by Gasteiger charge is -2.18. The van der Waals surface area contributed by atoms with Gasteiger partial charge >= 0.3 is 6.18 Å². The highest BCUT2D eigenvalue weighted by Crippen LogP contribution is 2.40. The SMILES string of the molecule is O=C(c1c(C(F)(F)F)n(Cc2ccc(Cl)cc2Cl)c2ccccc12)N1CN=C(c2ccncc2)O1. The van der Waals surface area contributed by atoms with Gasteiger partial charge in [-0.2, -0.15) is 13.2 Å². The van der Waals surface area contributed by atoms with Gasteiger partial charge in [-0.25, -0.2) is 4.99 Å². The molecule has 0 radical (unpaired) electrons. The van der Waals surface area contributed by atoms with E-state index in [0.717, 1.165) is 9.63 Å². The molecule has 0 saturated heterocycles. The number of hydrogen-bond acceptors (Lipinski definition) is 4. The molecule has 2 aromatic heterocycles. The molecule has 11 heteroatoms. The van der Waals surface area contributed by atoms with Crippen LogP contribution in [-0.4, -0.2) is 33.1 Å². The number of pyridine rings is 1. The fraction of sp³-hybridized carbons (Fsp3) is 0.125. The van der Waals surface area contributed by atoms with E-state index in [1.807, 2.05) is 0 Å². The first-order valence-electron chi connectivity index (χ1n) is 10.3. The monoisotopic (exact) mass is 518 g/mol. The number of rotatable bonds is 4. The van der Waals surface area contributed by atoms with E-state index in [-0.39, 0.29) is 35.0 Å². The molecule has 0 fully saturated rings. The second-order valence-electron chi connectivity index (χ2n) is 7.68.